The maximum atomic E-state index is 4.67. The Hall–Kier alpha value is -1.35. The first-order valence-corrected chi connectivity index (χ1v) is 6.53. The summed E-state index contributed by atoms with van der Waals surface area (Å²) >= 11 is 0. The molecule has 1 aliphatic heterocycles. The van der Waals surface area contributed by atoms with E-state index in [-0.39, 0.29) is 0 Å². The largest absolute Gasteiger partial charge is 0.342 e. The molecule has 1 fully saturated rings. The number of aromatic amines is 1. The second kappa shape index (κ2) is 4.49. The van der Waals surface area contributed by atoms with Crippen LogP contribution in [0.25, 0.3) is 11.0 Å². The molecule has 17 heavy (non-hydrogen) atoms. The molecule has 1 aromatic heterocycles. The van der Waals surface area contributed by atoms with Gasteiger partial charge in [-0.25, -0.2) is 4.98 Å². The highest BCUT2D eigenvalue weighted by Crippen LogP contribution is 2.18. The maximum Gasteiger partial charge on any atom is 0.107 e. The number of aromatic nitrogens is 2. The molecule has 0 aliphatic carbocycles. The predicted molar refractivity (Wildman–Crippen MR) is 70.2 cm³/mol. The van der Waals surface area contributed by atoms with Crippen LogP contribution in [0.4, 0.5) is 0 Å². The topological polar surface area (TPSA) is 40.7 Å². The van der Waals surface area contributed by atoms with Gasteiger partial charge in [0.25, 0.3) is 0 Å². The van der Waals surface area contributed by atoms with Gasteiger partial charge in [-0.05, 0) is 49.5 Å². The van der Waals surface area contributed by atoms with Crippen LogP contribution in [0, 0.1) is 5.92 Å². The van der Waals surface area contributed by atoms with Crippen LogP contribution in [-0.2, 0) is 12.8 Å². The number of hydrogen-bond donors (Lipinski definition) is 2. The molecular formula is C14H19N3. The van der Waals surface area contributed by atoms with Crippen molar-refractivity contribution in [1.82, 2.24) is 15.3 Å². The van der Waals surface area contributed by atoms with Crippen LogP contribution in [0.5, 0.6) is 0 Å². The Bertz CT molecular complexity index is 509. The van der Waals surface area contributed by atoms with Gasteiger partial charge in [0, 0.05) is 6.42 Å². The molecule has 0 saturated carbocycles. The molecule has 2 heterocycles. The maximum absolute atomic E-state index is 4.67. The summed E-state index contributed by atoms with van der Waals surface area (Å²) in [6.07, 6.45) is 3.43. The van der Waals surface area contributed by atoms with Crippen LogP contribution >= 0.6 is 0 Å². The molecule has 0 radical (unpaired) electrons. The molecule has 1 unspecified atom stereocenters. The SMILES string of the molecule is CCc1ccc2nc(CC3CCNC3)[nH]c2c1. The minimum Gasteiger partial charge on any atom is -0.342 e. The number of aryl methyl sites for hydroxylation is 1. The number of hydrogen-bond acceptors (Lipinski definition) is 2. The number of nitrogens with one attached hydrogen (secondary N) is 2. The zero-order valence-corrected chi connectivity index (χ0v) is 10.3. The van der Waals surface area contributed by atoms with Gasteiger partial charge in [-0.2, -0.15) is 0 Å². The van der Waals surface area contributed by atoms with Gasteiger partial charge in [0.15, 0.2) is 0 Å². The molecule has 1 saturated heterocycles. The summed E-state index contributed by atoms with van der Waals surface area (Å²) in [7, 11) is 0. The first kappa shape index (κ1) is 10.8. The van der Waals surface area contributed by atoms with E-state index >= 15 is 0 Å². The lowest BCUT2D eigenvalue weighted by molar-refractivity contribution is 0.565. The number of fused-ring (bicyclic) bond motifs is 1. The molecule has 2 aromatic rings. The summed E-state index contributed by atoms with van der Waals surface area (Å²) in [4.78, 5) is 8.13. The number of benzene rings is 1. The van der Waals surface area contributed by atoms with Gasteiger partial charge in [0.05, 0.1) is 11.0 Å². The van der Waals surface area contributed by atoms with Crippen LogP contribution in [0.15, 0.2) is 18.2 Å². The molecule has 0 spiro atoms. The summed E-state index contributed by atoms with van der Waals surface area (Å²) in [5.41, 5.74) is 3.66. The normalized spacial score (nSPS) is 20.2. The Morgan fingerprint density at radius 3 is 3.12 bits per heavy atom. The highest BCUT2D eigenvalue weighted by atomic mass is 14.9. The van der Waals surface area contributed by atoms with Crippen LogP contribution < -0.4 is 5.32 Å². The lowest BCUT2D eigenvalue weighted by Crippen LogP contribution is -2.11. The van der Waals surface area contributed by atoms with Gasteiger partial charge in [-0.3, -0.25) is 0 Å². The van der Waals surface area contributed by atoms with E-state index in [1.807, 2.05) is 0 Å². The van der Waals surface area contributed by atoms with Gasteiger partial charge in [-0.1, -0.05) is 13.0 Å². The third kappa shape index (κ3) is 2.20. The van der Waals surface area contributed by atoms with Crippen molar-refractivity contribution in [3.05, 3.63) is 29.6 Å². The number of H-pyrrole nitrogens is 1. The highest BCUT2D eigenvalue weighted by Gasteiger charge is 2.16. The molecule has 0 amide bonds. The molecular weight excluding hydrogens is 210 g/mol. The fraction of sp³-hybridized carbons (Fsp3) is 0.500. The number of nitrogens with zero attached hydrogens (tertiary/aromatic N) is 1. The van der Waals surface area contributed by atoms with E-state index in [1.54, 1.807) is 0 Å². The van der Waals surface area contributed by atoms with E-state index in [1.165, 1.54) is 17.5 Å². The molecule has 3 rings (SSSR count). The first-order chi connectivity index (χ1) is 8.35. The zero-order valence-electron chi connectivity index (χ0n) is 10.3. The Morgan fingerprint density at radius 1 is 1.41 bits per heavy atom. The summed E-state index contributed by atoms with van der Waals surface area (Å²) in [5, 5.41) is 3.40. The van der Waals surface area contributed by atoms with Crippen LogP contribution in [0.2, 0.25) is 0 Å². The van der Waals surface area contributed by atoms with E-state index < -0.39 is 0 Å². The molecule has 1 aromatic carbocycles. The molecule has 1 aliphatic rings. The fourth-order valence-electron chi connectivity index (χ4n) is 2.59. The first-order valence-electron chi connectivity index (χ1n) is 6.53. The molecule has 90 valence electrons. The Labute approximate surface area is 102 Å². The monoisotopic (exact) mass is 229 g/mol. The van der Waals surface area contributed by atoms with Gasteiger partial charge >= 0.3 is 0 Å². The average molecular weight is 229 g/mol. The van der Waals surface area contributed by atoms with Crippen molar-refractivity contribution in [2.75, 3.05) is 13.1 Å². The van der Waals surface area contributed by atoms with Gasteiger partial charge in [-0.15, -0.1) is 0 Å². The minimum atomic E-state index is 0.751. The van der Waals surface area contributed by atoms with Crippen molar-refractivity contribution < 1.29 is 0 Å². The molecule has 2 N–H and O–H groups in total. The lowest BCUT2D eigenvalue weighted by Gasteiger charge is -2.03. The van der Waals surface area contributed by atoms with Crippen LogP contribution in [0.3, 0.4) is 0 Å². The molecule has 3 nitrogen and oxygen atoms in total. The summed E-state index contributed by atoms with van der Waals surface area (Å²) < 4.78 is 0. The van der Waals surface area contributed by atoms with E-state index in [4.69, 9.17) is 0 Å². The third-order valence-electron chi connectivity index (χ3n) is 3.65. The van der Waals surface area contributed by atoms with Crippen molar-refractivity contribution in [3.63, 3.8) is 0 Å². The number of imidazole rings is 1. The van der Waals surface area contributed by atoms with E-state index in [9.17, 15) is 0 Å². The van der Waals surface area contributed by atoms with Crippen molar-refractivity contribution >= 4 is 11.0 Å². The van der Waals surface area contributed by atoms with Crippen molar-refractivity contribution in [2.45, 2.75) is 26.2 Å². The zero-order chi connectivity index (χ0) is 11.7. The fourth-order valence-corrected chi connectivity index (χ4v) is 2.59. The van der Waals surface area contributed by atoms with Crippen molar-refractivity contribution in [2.24, 2.45) is 5.92 Å². The van der Waals surface area contributed by atoms with E-state index in [0.29, 0.717) is 0 Å². The Balaban J connectivity index is 1.85. The average Bonchev–Trinajstić information content (AvgIpc) is 2.96. The van der Waals surface area contributed by atoms with Crippen molar-refractivity contribution in [1.29, 1.82) is 0 Å². The predicted octanol–water partition coefficient (Wildman–Crippen LogP) is 2.28. The second-order valence-corrected chi connectivity index (χ2v) is 4.95. The quantitative estimate of drug-likeness (QED) is 0.847. The highest BCUT2D eigenvalue weighted by molar-refractivity contribution is 5.75. The summed E-state index contributed by atoms with van der Waals surface area (Å²) in [6, 6.07) is 6.52. The van der Waals surface area contributed by atoms with Gasteiger partial charge in [0.1, 0.15) is 5.82 Å². The summed E-state index contributed by atoms with van der Waals surface area (Å²) in [6.45, 7) is 4.48. The second-order valence-electron chi connectivity index (χ2n) is 4.95. The standard InChI is InChI=1S/C14H19N3/c1-2-10-3-4-12-13(7-10)17-14(16-12)8-11-5-6-15-9-11/h3-4,7,11,15H,2,5-6,8-9H2,1H3,(H,16,17). The molecule has 0 bridgehead atoms. The molecule has 1 atom stereocenters. The molecule has 3 heteroatoms. The number of rotatable bonds is 3. The van der Waals surface area contributed by atoms with Gasteiger partial charge in [0.2, 0.25) is 0 Å². The van der Waals surface area contributed by atoms with E-state index in [2.05, 4.69) is 40.4 Å². The Morgan fingerprint density at radius 2 is 2.35 bits per heavy atom. The lowest BCUT2D eigenvalue weighted by atomic mass is 10.1. The van der Waals surface area contributed by atoms with E-state index in [0.717, 1.165) is 43.2 Å². The van der Waals surface area contributed by atoms with Gasteiger partial charge < -0.3 is 10.3 Å². The van der Waals surface area contributed by atoms with Crippen LogP contribution in [-0.4, -0.2) is 23.1 Å². The summed E-state index contributed by atoms with van der Waals surface area (Å²) in [5.74, 6) is 1.89. The third-order valence-corrected chi connectivity index (χ3v) is 3.65. The minimum absolute atomic E-state index is 0.751. The van der Waals surface area contributed by atoms with Crippen LogP contribution in [0.1, 0.15) is 24.7 Å². The smallest absolute Gasteiger partial charge is 0.107 e. The van der Waals surface area contributed by atoms with Crippen molar-refractivity contribution in [3.8, 4) is 0 Å². The Kier molecular flexibility index (Phi) is 2.85.